The largest absolute Gasteiger partial charge is 0.352 e. The van der Waals surface area contributed by atoms with Gasteiger partial charge in [-0.05, 0) is 25.0 Å². The molecule has 1 fully saturated rings. The molecule has 1 aromatic carbocycles. The van der Waals surface area contributed by atoms with Crippen molar-refractivity contribution in [1.82, 2.24) is 15.1 Å². The zero-order chi connectivity index (χ0) is 19.9. The number of hydrogen-bond acceptors (Lipinski definition) is 4. The Kier molecular flexibility index (Phi) is 6.97. The highest BCUT2D eigenvalue weighted by molar-refractivity contribution is 9.10. The Morgan fingerprint density at radius 1 is 1.07 bits per heavy atom. The minimum Gasteiger partial charge on any atom is -0.352 e. The normalized spacial score (nSPS) is 14.0. The molecule has 2 amide bonds. The monoisotopic (exact) mass is 446 g/mol. The molecule has 1 aliphatic rings. The number of carbonyl (C=O) groups excluding carboxylic acids is 3. The molecule has 1 aliphatic carbocycles. The number of amides is 2. The highest BCUT2D eigenvalue weighted by Crippen LogP contribution is 2.17. The second kappa shape index (κ2) is 9.64. The number of anilines is 1. The summed E-state index contributed by atoms with van der Waals surface area (Å²) in [7, 11) is 0. The fourth-order valence-electron chi connectivity index (χ4n) is 3.24. The number of benzene rings is 1. The number of Topliss-reactive ketones (excluding diaryl/α,β-unsaturated/α-hetero) is 1. The lowest BCUT2D eigenvalue weighted by atomic mass is 10.1. The van der Waals surface area contributed by atoms with Gasteiger partial charge in [-0.3, -0.25) is 19.1 Å². The van der Waals surface area contributed by atoms with Gasteiger partial charge in [0.15, 0.2) is 5.78 Å². The van der Waals surface area contributed by atoms with Gasteiger partial charge >= 0.3 is 0 Å². The Hall–Kier alpha value is -2.48. The van der Waals surface area contributed by atoms with Gasteiger partial charge in [0.2, 0.25) is 11.8 Å². The summed E-state index contributed by atoms with van der Waals surface area (Å²) in [6.45, 7) is 0.119. The van der Waals surface area contributed by atoms with E-state index in [-0.39, 0.29) is 43.0 Å². The van der Waals surface area contributed by atoms with E-state index in [1.165, 1.54) is 10.9 Å². The van der Waals surface area contributed by atoms with Crippen LogP contribution in [0.15, 0.2) is 41.1 Å². The van der Waals surface area contributed by atoms with Crippen LogP contribution in [0.25, 0.3) is 0 Å². The van der Waals surface area contributed by atoms with Crippen LogP contribution in [-0.4, -0.2) is 33.4 Å². The smallest absolute Gasteiger partial charge is 0.241 e. The van der Waals surface area contributed by atoms with E-state index in [2.05, 4.69) is 31.7 Å². The standard InChI is InChI=1S/C20H23BrN4O3/c21-15-7-5-14(6-8-15)18(26)9-10-19(27)24-17-11-22-25(12-17)13-20(28)23-16-3-1-2-4-16/h5-8,11-12,16H,1-4,9-10,13H2,(H,23,28)(H,24,27). The molecule has 0 radical (unpaired) electrons. The van der Waals surface area contributed by atoms with Crippen molar-refractivity contribution in [2.45, 2.75) is 51.1 Å². The molecule has 3 rings (SSSR count). The number of nitrogens with one attached hydrogen (secondary N) is 2. The molecule has 1 aromatic heterocycles. The van der Waals surface area contributed by atoms with Crippen LogP contribution in [0.5, 0.6) is 0 Å². The van der Waals surface area contributed by atoms with Gasteiger partial charge in [0.25, 0.3) is 0 Å². The number of hydrogen-bond donors (Lipinski definition) is 2. The summed E-state index contributed by atoms with van der Waals surface area (Å²) < 4.78 is 2.39. The maximum Gasteiger partial charge on any atom is 0.241 e. The van der Waals surface area contributed by atoms with Crippen molar-refractivity contribution in [2.75, 3.05) is 5.32 Å². The SMILES string of the molecule is O=C(CCC(=O)c1ccc(Br)cc1)Nc1cnn(CC(=O)NC2CCCC2)c1. The van der Waals surface area contributed by atoms with Gasteiger partial charge in [-0.2, -0.15) is 5.10 Å². The van der Waals surface area contributed by atoms with Gasteiger partial charge < -0.3 is 10.6 Å². The van der Waals surface area contributed by atoms with Crippen LogP contribution >= 0.6 is 15.9 Å². The van der Waals surface area contributed by atoms with Crippen molar-refractivity contribution in [1.29, 1.82) is 0 Å². The molecule has 0 spiro atoms. The summed E-state index contributed by atoms with van der Waals surface area (Å²) in [6.07, 6.45) is 7.71. The van der Waals surface area contributed by atoms with Crippen LogP contribution in [0, 0.1) is 0 Å². The lowest BCUT2D eigenvalue weighted by Crippen LogP contribution is -2.35. The van der Waals surface area contributed by atoms with Crippen molar-refractivity contribution in [3.8, 4) is 0 Å². The number of halogens is 1. The number of rotatable bonds is 8. The fraction of sp³-hybridized carbons (Fsp3) is 0.400. The zero-order valence-electron chi connectivity index (χ0n) is 15.5. The van der Waals surface area contributed by atoms with E-state index in [1.807, 2.05) is 0 Å². The quantitative estimate of drug-likeness (QED) is 0.608. The van der Waals surface area contributed by atoms with E-state index in [0.29, 0.717) is 11.3 Å². The molecule has 0 unspecified atom stereocenters. The minimum absolute atomic E-state index is 0.0760. The Labute approximate surface area is 172 Å². The van der Waals surface area contributed by atoms with E-state index in [4.69, 9.17) is 0 Å². The highest BCUT2D eigenvalue weighted by Gasteiger charge is 2.17. The van der Waals surface area contributed by atoms with Gasteiger partial charge in [0, 0.05) is 35.1 Å². The van der Waals surface area contributed by atoms with Gasteiger partial charge in [-0.25, -0.2) is 0 Å². The molecular weight excluding hydrogens is 424 g/mol. The molecule has 2 N–H and O–H groups in total. The van der Waals surface area contributed by atoms with Crippen molar-refractivity contribution < 1.29 is 14.4 Å². The molecule has 0 atom stereocenters. The first-order valence-electron chi connectivity index (χ1n) is 9.40. The van der Waals surface area contributed by atoms with E-state index in [0.717, 1.165) is 30.2 Å². The maximum atomic E-state index is 12.1. The van der Waals surface area contributed by atoms with Gasteiger partial charge in [0.1, 0.15) is 6.54 Å². The van der Waals surface area contributed by atoms with Crippen LogP contribution < -0.4 is 10.6 Å². The molecule has 8 heteroatoms. The number of nitrogens with zero attached hydrogens (tertiary/aromatic N) is 2. The average molecular weight is 447 g/mol. The van der Waals surface area contributed by atoms with Crippen LogP contribution in [0.2, 0.25) is 0 Å². The molecule has 2 aromatic rings. The highest BCUT2D eigenvalue weighted by atomic mass is 79.9. The summed E-state index contributed by atoms with van der Waals surface area (Å²) >= 11 is 3.32. The molecule has 1 heterocycles. The summed E-state index contributed by atoms with van der Waals surface area (Å²) in [5.41, 5.74) is 1.09. The molecule has 28 heavy (non-hydrogen) atoms. The molecule has 0 bridgehead atoms. The Morgan fingerprint density at radius 3 is 2.50 bits per heavy atom. The second-order valence-electron chi connectivity index (χ2n) is 6.95. The third-order valence-electron chi connectivity index (χ3n) is 4.69. The third kappa shape index (κ3) is 6.02. The lowest BCUT2D eigenvalue weighted by Gasteiger charge is -2.11. The first-order chi connectivity index (χ1) is 13.5. The summed E-state index contributed by atoms with van der Waals surface area (Å²) in [4.78, 5) is 36.2. The van der Waals surface area contributed by atoms with Gasteiger partial charge in [0.05, 0.1) is 11.9 Å². The van der Waals surface area contributed by atoms with E-state index in [9.17, 15) is 14.4 Å². The van der Waals surface area contributed by atoms with E-state index >= 15 is 0 Å². The molecule has 148 valence electrons. The first-order valence-corrected chi connectivity index (χ1v) is 10.2. The van der Waals surface area contributed by atoms with Crippen LogP contribution in [0.4, 0.5) is 5.69 Å². The topological polar surface area (TPSA) is 93.1 Å². The van der Waals surface area contributed by atoms with Crippen molar-refractivity contribution in [3.05, 3.63) is 46.7 Å². The van der Waals surface area contributed by atoms with E-state index < -0.39 is 0 Å². The summed E-state index contributed by atoms with van der Waals surface area (Å²) in [6, 6.07) is 7.32. The minimum atomic E-state index is -0.264. The zero-order valence-corrected chi connectivity index (χ0v) is 17.1. The van der Waals surface area contributed by atoms with Crippen LogP contribution in [-0.2, 0) is 16.1 Å². The van der Waals surface area contributed by atoms with Gasteiger partial charge in [-0.1, -0.05) is 40.9 Å². The number of carbonyl (C=O) groups is 3. The average Bonchev–Trinajstić information content (AvgIpc) is 3.32. The predicted octanol–water partition coefficient (Wildman–Crippen LogP) is 3.31. The summed E-state index contributed by atoms with van der Waals surface area (Å²) in [5, 5.41) is 9.82. The molecule has 1 saturated carbocycles. The lowest BCUT2D eigenvalue weighted by molar-refractivity contribution is -0.122. The van der Waals surface area contributed by atoms with Crippen molar-refractivity contribution in [2.24, 2.45) is 0 Å². The number of ketones is 1. The fourth-order valence-corrected chi connectivity index (χ4v) is 3.50. The van der Waals surface area contributed by atoms with Crippen LogP contribution in [0.1, 0.15) is 48.9 Å². The number of aromatic nitrogens is 2. The van der Waals surface area contributed by atoms with Gasteiger partial charge in [-0.15, -0.1) is 0 Å². The molecule has 0 saturated heterocycles. The molecule has 7 nitrogen and oxygen atoms in total. The third-order valence-corrected chi connectivity index (χ3v) is 5.22. The maximum absolute atomic E-state index is 12.1. The summed E-state index contributed by atoms with van der Waals surface area (Å²) in [5.74, 6) is -0.421. The van der Waals surface area contributed by atoms with Crippen LogP contribution in [0.3, 0.4) is 0 Å². The predicted molar refractivity (Wildman–Crippen MR) is 109 cm³/mol. The first kappa shape index (κ1) is 20.3. The Bertz CT molecular complexity index is 841. The Morgan fingerprint density at radius 2 is 1.79 bits per heavy atom. The van der Waals surface area contributed by atoms with Crippen molar-refractivity contribution >= 4 is 39.2 Å². The molecule has 0 aliphatic heterocycles. The molecular formula is C20H23BrN4O3. The van der Waals surface area contributed by atoms with E-state index in [1.54, 1.807) is 30.5 Å². The Balaban J connectivity index is 1.42. The van der Waals surface area contributed by atoms with Crippen molar-refractivity contribution in [3.63, 3.8) is 0 Å². The second-order valence-corrected chi connectivity index (χ2v) is 7.87.